The van der Waals surface area contributed by atoms with E-state index in [1.165, 1.54) is 10.9 Å². The highest BCUT2D eigenvalue weighted by molar-refractivity contribution is 6.02. The topological polar surface area (TPSA) is 60.7 Å². The van der Waals surface area contributed by atoms with Crippen LogP contribution in [0.2, 0.25) is 0 Å². The molecule has 1 unspecified atom stereocenters. The zero-order valence-electron chi connectivity index (χ0n) is 14.9. The Morgan fingerprint density at radius 2 is 2.08 bits per heavy atom. The van der Waals surface area contributed by atoms with Crippen LogP contribution in [0.15, 0.2) is 36.5 Å². The number of carbonyl (C=O) groups excluding carboxylic acids is 1. The molecule has 1 atom stereocenters. The fraction of sp³-hybridized carbons (Fsp3) is 0.300. The largest absolute Gasteiger partial charge is 0.294 e. The van der Waals surface area contributed by atoms with Crippen LogP contribution in [0, 0.1) is 24.7 Å². The van der Waals surface area contributed by atoms with E-state index in [0.717, 1.165) is 28.8 Å². The normalized spacial score (nSPS) is 16.3. The van der Waals surface area contributed by atoms with Crippen LogP contribution in [0.4, 0.5) is 4.39 Å². The molecule has 0 bridgehead atoms. The molecule has 26 heavy (non-hydrogen) atoms. The van der Waals surface area contributed by atoms with Crippen molar-refractivity contribution in [2.45, 2.75) is 27.2 Å². The number of ketones is 1. The summed E-state index contributed by atoms with van der Waals surface area (Å²) in [5.74, 6) is -0.0123. The predicted octanol–water partition coefficient (Wildman–Crippen LogP) is 3.79. The van der Waals surface area contributed by atoms with E-state index in [-0.39, 0.29) is 17.4 Å². The molecule has 1 aromatic carbocycles. The second kappa shape index (κ2) is 6.12. The van der Waals surface area contributed by atoms with E-state index in [9.17, 15) is 9.18 Å². The fourth-order valence-electron chi connectivity index (χ4n) is 3.58. The number of halogens is 1. The number of pyridine rings is 1. The van der Waals surface area contributed by atoms with Crippen LogP contribution in [0.5, 0.6) is 0 Å². The zero-order valence-corrected chi connectivity index (χ0v) is 14.9. The van der Waals surface area contributed by atoms with Gasteiger partial charge in [-0.1, -0.05) is 31.2 Å². The van der Waals surface area contributed by atoms with E-state index in [1.807, 2.05) is 25.1 Å². The average Bonchev–Trinajstić information content (AvgIpc) is 3.16. The Morgan fingerprint density at radius 1 is 1.27 bits per heavy atom. The van der Waals surface area contributed by atoms with Gasteiger partial charge in [-0.2, -0.15) is 4.39 Å². The maximum absolute atomic E-state index is 14.0. The first-order valence-electron chi connectivity index (χ1n) is 8.68. The van der Waals surface area contributed by atoms with Crippen LogP contribution in [-0.2, 0) is 6.42 Å². The van der Waals surface area contributed by atoms with Gasteiger partial charge in [0.25, 0.3) is 0 Å². The van der Waals surface area contributed by atoms with Crippen molar-refractivity contribution >= 4 is 5.78 Å². The van der Waals surface area contributed by atoms with Gasteiger partial charge >= 0.3 is 0 Å². The van der Waals surface area contributed by atoms with Gasteiger partial charge in [0.05, 0.1) is 5.69 Å². The number of nitrogens with zero attached hydrogens (tertiary/aromatic N) is 4. The number of hydrogen-bond acceptors (Lipinski definition) is 4. The number of Topliss-reactive ketones (excluding diaryl/α,β-unsaturated/α-hetero) is 1. The highest BCUT2D eigenvalue weighted by atomic mass is 19.1. The molecule has 1 aliphatic rings. The first kappa shape index (κ1) is 16.6. The van der Waals surface area contributed by atoms with Gasteiger partial charge < -0.3 is 0 Å². The number of hydrogen-bond donors (Lipinski definition) is 0. The lowest BCUT2D eigenvalue weighted by Gasteiger charge is -2.10. The fourth-order valence-corrected chi connectivity index (χ4v) is 3.58. The summed E-state index contributed by atoms with van der Waals surface area (Å²) >= 11 is 0. The van der Waals surface area contributed by atoms with E-state index in [2.05, 4.69) is 29.1 Å². The Hall–Kier alpha value is -2.89. The van der Waals surface area contributed by atoms with Gasteiger partial charge in [0.2, 0.25) is 5.95 Å². The standard InChI is InChI=1S/C20H19FN4O/c1-11(2)16-10-14-9-13(6-7-15(14)19(16)26)18-12(3)25(24-23-18)17-5-4-8-22-20(17)21/h4-9,11,16H,10H2,1-3H3. The molecule has 0 saturated heterocycles. The SMILES string of the molecule is Cc1c(-c2ccc3c(c2)CC(C(C)C)C3=O)nnn1-c1cccnc1F. The first-order chi connectivity index (χ1) is 12.5. The van der Waals surface area contributed by atoms with Crippen LogP contribution in [0.3, 0.4) is 0 Å². The molecule has 0 saturated carbocycles. The molecule has 0 aliphatic heterocycles. The maximum atomic E-state index is 14.0. The number of carbonyl (C=O) groups is 1. The van der Waals surface area contributed by atoms with Gasteiger partial charge in [0.15, 0.2) is 5.78 Å². The summed E-state index contributed by atoms with van der Waals surface area (Å²) in [4.78, 5) is 16.2. The lowest BCUT2D eigenvalue weighted by atomic mass is 9.92. The number of fused-ring (bicyclic) bond motifs is 1. The van der Waals surface area contributed by atoms with Gasteiger partial charge in [0.1, 0.15) is 11.4 Å². The molecule has 4 rings (SSSR count). The molecule has 132 valence electrons. The molecule has 2 heterocycles. The molecule has 1 aliphatic carbocycles. The Bertz CT molecular complexity index is 1010. The van der Waals surface area contributed by atoms with Crippen molar-refractivity contribution in [3.05, 3.63) is 59.3 Å². The third-order valence-corrected chi connectivity index (χ3v) is 5.09. The summed E-state index contributed by atoms with van der Waals surface area (Å²) in [6.45, 7) is 6.00. The van der Waals surface area contributed by atoms with E-state index >= 15 is 0 Å². The van der Waals surface area contributed by atoms with E-state index in [0.29, 0.717) is 11.6 Å². The predicted molar refractivity (Wildman–Crippen MR) is 95.6 cm³/mol. The van der Waals surface area contributed by atoms with Crippen LogP contribution >= 0.6 is 0 Å². The van der Waals surface area contributed by atoms with E-state index in [1.54, 1.807) is 12.1 Å². The maximum Gasteiger partial charge on any atom is 0.238 e. The second-order valence-corrected chi connectivity index (χ2v) is 7.04. The second-order valence-electron chi connectivity index (χ2n) is 7.04. The number of rotatable bonds is 3. The van der Waals surface area contributed by atoms with E-state index in [4.69, 9.17) is 0 Å². The monoisotopic (exact) mass is 350 g/mol. The van der Waals surface area contributed by atoms with Crippen molar-refractivity contribution in [1.82, 2.24) is 20.0 Å². The Kier molecular flexibility index (Phi) is 3.90. The molecule has 5 nitrogen and oxygen atoms in total. The summed E-state index contributed by atoms with van der Waals surface area (Å²) in [5, 5.41) is 8.33. The highest BCUT2D eigenvalue weighted by Gasteiger charge is 2.32. The Balaban J connectivity index is 1.74. The summed E-state index contributed by atoms with van der Waals surface area (Å²) in [6, 6.07) is 9.05. The number of aromatic nitrogens is 4. The first-order valence-corrected chi connectivity index (χ1v) is 8.68. The van der Waals surface area contributed by atoms with Crippen LogP contribution < -0.4 is 0 Å². The van der Waals surface area contributed by atoms with Crippen molar-refractivity contribution in [2.75, 3.05) is 0 Å². The molecule has 0 N–H and O–H groups in total. The minimum atomic E-state index is -0.591. The van der Waals surface area contributed by atoms with Crippen molar-refractivity contribution in [2.24, 2.45) is 11.8 Å². The summed E-state index contributed by atoms with van der Waals surface area (Å²) < 4.78 is 15.4. The molecule has 6 heteroatoms. The average molecular weight is 350 g/mol. The molecular weight excluding hydrogens is 331 g/mol. The highest BCUT2D eigenvalue weighted by Crippen LogP contribution is 2.34. The van der Waals surface area contributed by atoms with Gasteiger partial charge in [-0.05, 0) is 43.0 Å². The lowest BCUT2D eigenvalue weighted by Crippen LogP contribution is -2.15. The summed E-state index contributed by atoms with van der Waals surface area (Å²) in [6.07, 6.45) is 2.15. The van der Waals surface area contributed by atoms with Crippen molar-refractivity contribution < 1.29 is 9.18 Å². The molecule has 2 aromatic heterocycles. The minimum Gasteiger partial charge on any atom is -0.294 e. The third kappa shape index (κ3) is 2.53. The van der Waals surface area contributed by atoms with Crippen molar-refractivity contribution in [1.29, 1.82) is 0 Å². The minimum absolute atomic E-state index is 0.0431. The lowest BCUT2D eigenvalue weighted by molar-refractivity contribution is 0.0906. The Labute approximate surface area is 150 Å². The van der Waals surface area contributed by atoms with Crippen LogP contribution in [0.1, 0.15) is 35.5 Å². The molecule has 0 spiro atoms. The van der Waals surface area contributed by atoms with Crippen molar-refractivity contribution in [3.8, 4) is 16.9 Å². The van der Waals surface area contributed by atoms with Gasteiger partial charge in [-0.15, -0.1) is 5.10 Å². The molecule has 0 fully saturated rings. The van der Waals surface area contributed by atoms with Gasteiger partial charge in [-0.25, -0.2) is 9.67 Å². The number of benzene rings is 1. The molecular formula is C20H19FN4O. The van der Waals surface area contributed by atoms with E-state index < -0.39 is 5.95 Å². The molecule has 0 amide bonds. The molecule has 0 radical (unpaired) electrons. The quantitative estimate of drug-likeness (QED) is 0.674. The van der Waals surface area contributed by atoms with Gasteiger partial charge in [-0.3, -0.25) is 4.79 Å². The smallest absolute Gasteiger partial charge is 0.238 e. The summed E-state index contributed by atoms with van der Waals surface area (Å²) in [5.41, 5.74) is 4.40. The summed E-state index contributed by atoms with van der Waals surface area (Å²) in [7, 11) is 0. The Morgan fingerprint density at radius 3 is 2.81 bits per heavy atom. The van der Waals surface area contributed by atoms with Crippen LogP contribution in [0.25, 0.3) is 16.9 Å². The zero-order chi connectivity index (χ0) is 18.4. The third-order valence-electron chi connectivity index (χ3n) is 5.09. The molecule has 3 aromatic rings. The van der Waals surface area contributed by atoms with Crippen molar-refractivity contribution in [3.63, 3.8) is 0 Å². The van der Waals surface area contributed by atoms with Crippen LogP contribution in [-0.4, -0.2) is 25.8 Å². The van der Waals surface area contributed by atoms with Gasteiger partial charge in [0, 0.05) is 23.2 Å².